The fourth-order valence-electron chi connectivity index (χ4n) is 2.75. The van der Waals surface area contributed by atoms with E-state index >= 15 is 0 Å². The SMILES string of the molecule is CCS(=O)(=O)Nc1cc2oc(C3=CCCC3)c(C(=O)O)c2cc1Br. The van der Waals surface area contributed by atoms with Gasteiger partial charge in [-0.25, -0.2) is 13.2 Å². The Labute approximate surface area is 147 Å². The molecule has 0 saturated carbocycles. The van der Waals surface area contributed by atoms with Gasteiger partial charge in [-0.15, -0.1) is 0 Å². The van der Waals surface area contributed by atoms with Crippen LogP contribution in [0.3, 0.4) is 0 Å². The smallest absolute Gasteiger partial charge is 0.340 e. The Morgan fingerprint density at radius 1 is 1.42 bits per heavy atom. The van der Waals surface area contributed by atoms with Gasteiger partial charge in [-0.2, -0.15) is 0 Å². The minimum Gasteiger partial charge on any atom is -0.478 e. The maximum Gasteiger partial charge on any atom is 0.340 e. The van der Waals surface area contributed by atoms with Gasteiger partial charge in [-0.3, -0.25) is 4.72 Å². The molecule has 0 aliphatic heterocycles. The number of carbonyl (C=O) groups is 1. The fourth-order valence-corrected chi connectivity index (χ4v) is 3.97. The van der Waals surface area contributed by atoms with Crippen molar-refractivity contribution < 1.29 is 22.7 Å². The maximum absolute atomic E-state index is 11.8. The first kappa shape index (κ1) is 17.0. The van der Waals surface area contributed by atoms with Crippen molar-refractivity contribution in [1.82, 2.24) is 0 Å². The molecular weight excluding hydrogens is 398 g/mol. The van der Waals surface area contributed by atoms with Crippen LogP contribution in [-0.2, 0) is 10.0 Å². The van der Waals surface area contributed by atoms with Crippen LogP contribution in [0.5, 0.6) is 0 Å². The molecule has 3 rings (SSSR count). The molecule has 1 aliphatic carbocycles. The lowest BCUT2D eigenvalue weighted by Crippen LogP contribution is -2.14. The number of fused-ring (bicyclic) bond motifs is 1. The van der Waals surface area contributed by atoms with E-state index in [0.29, 0.717) is 26.9 Å². The van der Waals surface area contributed by atoms with Crippen molar-refractivity contribution >= 4 is 54.2 Å². The molecule has 0 atom stereocenters. The molecule has 0 radical (unpaired) electrons. The van der Waals surface area contributed by atoms with Gasteiger partial charge in [-0.05, 0) is 53.8 Å². The standard InChI is InChI=1S/C16H16BrNO5S/c1-2-24(21,22)18-12-8-13-10(7-11(12)17)14(16(19)20)15(23-13)9-5-3-4-6-9/h5,7-8,18H,2-4,6H2,1H3,(H,19,20). The van der Waals surface area contributed by atoms with E-state index in [1.54, 1.807) is 6.07 Å². The zero-order valence-electron chi connectivity index (χ0n) is 12.9. The molecular formula is C16H16BrNO5S. The number of halogens is 1. The van der Waals surface area contributed by atoms with Gasteiger partial charge in [-0.1, -0.05) is 6.08 Å². The number of benzene rings is 1. The van der Waals surface area contributed by atoms with Crippen LogP contribution in [-0.4, -0.2) is 25.2 Å². The number of carboxylic acid groups (broad SMARTS) is 1. The van der Waals surface area contributed by atoms with Crippen molar-refractivity contribution in [2.45, 2.75) is 26.2 Å². The van der Waals surface area contributed by atoms with Crippen LogP contribution >= 0.6 is 15.9 Å². The average Bonchev–Trinajstić information content (AvgIpc) is 3.14. The van der Waals surface area contributed by atoms with Gasteiger partial charge in [0.25, 0.3) is 0 Å². The van der Waals surface area contributed by atoms with E-state index in [2.05, 4.69) is 20.7 Å². The predicted molar refractivity (Wildman–Crippen MR) is 95.8 cm³/mol. The summed E-state index contributed by atoms with van der Waals surface area (Å²) in [7, 11) is -3.45. The molecule has 0 fully saturated rings. The Kier molecular flexibility index (Phi) is 4.44. The lowest BCUT2D eigenvalue weighted by Gasteiger charge is -2.08. The highest BCUT2D eigenvalue weighted by Gasteiger charge is 2.25. The molecule has 0 spiro atoms. The first-order valence-electron chi connectivity index (χ1n) is 7.51. The maximum atomic E-state index is 11.8. The Balaban J connectivity index is 2.19. The summed E-state index contributed by atoms with van der Waals surface area (Å²) in [5.41, 5.74) is 1.66. The topological polar surface area (TPSA) is 96.6 Å². The molecule has 1 aromatic heterocycles. The van der Waals surface area contributed by atoms with E-state index < -0.39 is 16.0 Å². The predicted octanol–water partition coefficient (Wildman–Crippen LogP) is 4.22. The second-order valence-corrected chi connectivity index (χ2v) is 8.43. The number of hydrogen-bond donors (Lipinski definition) is 2. The summed E-state index contributed by atoms with van der Waals surface area (Å²) < 4.78 is 32.3. The fraction of sp³-hybridized carbons (Fsp3) is 0.312. The minimum atomic E-state index is -3.45. The van der Waals surface area contributed by atoms with Gasteiger partial charge in [0.15, 0.2) is 0 Å². The lowest BCUT2D eigenvalue weighted by atomic mass is 10.1. The van der Waals surface area contributed by atoms with Crippen molar-refractivity contribution in [3.63, 3.8) is 0 Å². The molecule has 1 heterocycles. The zero-order chi connectivity index (χ0) is 17.5. The summed E-state index contributed by atoms with van der Waals surface area (Å²) in [6.07, 6.45) is 4.63. The molecule has 1 aliphatic rings. The van der Waals surface area contributed by atoms with E-state index in [-0.39, 0.29) is 11.3 Å². The van der Waals surface area contributed by atoms with Crippen LogP contribution in [0.15, 0.2) is 27.1 Å². The highest BCUT2D eigenvalue weighted by molar-refractivity contribution is 9.10. The van der Waals surface area contributed by atoms with Crippen molar-refractivity contribution in [3.8, 4) is 0 Å². The van der Waals surface area contributed by atoms with Gasteiger partial charge in [0.05, 0.1) is 11.4 Å². The van der Waals surface area contributed by atoms with Crippen molar-refractivity contribution in [1.29, 1.82) is 0 Å². The molecule has 0 bridgehead atoms. The minimum absolute atomic E-state index is 0.0614. The summed E-state index contributed by atoms with van der Waals surface area (Å²) in [4.78, 5) is 11.7. The highest BCUT2D eigenvalue weighted by atomic mass is 79.9. The van der Waals surface area contributed by atoms with E-state index in [0.717, 1.165) is 24.8 Å². The largest absolute Gasteiger partial charge is 0.478 e. The molecule has 1 aromatic carbocycles. The number of aromatic carboxylic acids is 1. The third-order valence-electron chi connectivity index (χ3n) is 3.97. The van der Waals surface area contributed by atoms with E-state index in [9.17, 15) is 18.3 Å². The number of rotatable bonds is 5. The molecule has 0 unspecified atom stereocenters. The number of furan rings is 1. The van der Waals surface area contributed by atoms with Crippen LogP contribution < -0.4 is 4.72 Å². The number of nitrogens with one attached hydrogen (secondary N) is 1. The molecule has 0 saturated heterocycles. The van der Waals surface area contributed by atoms with Crippen LogP contribution in [0, 0.1) is 0 Å². The molecule has 2 aromatic rings. The Hall–Kier alpha value is -1.80. The van der Waals surface area contributed by atoms with Crippen LogP contribution in [0.4, 0.5) is 5.69 Å². The number of hydrogen-bond acceptors (Lipinski definition) is 4. The van der Waals surface area contributed by atoms with E-state index in [1.165, 1.54) is 13.0 Å². The molecule has 6 nitrogen and oxygen atoms in total. The summed E-state index contributed by atoms with van der Waals surface area (Å²) in [6.45, 7) is 1.54. The van der Waals surface area contributed by atoms with Gasteiger partial charge < -0.3 is 9.52 Å². The molecule has 24 heavy (non-hydrogen) atoms. The Morgan fingerprint density at radius 2 is 2.17 bits per heavy atom. The number of sulfonamides is 1. The summed E-state index contributed by atoms with van der Waals surface area (Å²) in [5, 5.41) is 10.0. The Bertz CT molecular complexity index is 958. The second kappa shape index (κ2) is 6.25. The highest BCUT2D eigenvalue weighted by Crippen LogP contribution is 2.39. The van der Waals surface area contributed by atoms with Crippen molar-refractivity contribution in [2.75, 3.05) is 10.5 Å². The zero-order valence-corrected chi connectivity index (χ0v) is 15.3. The monoisotopic (exact) mass is 413 g/mol. The van der Waals surface area contributed by atoms with Crippen molar-refractivity contribution in [2.24, 2.45) is 0 Å². The Morgan fingerprint density at radius 3 is 2.75 bits per heavy atom. The van der Waals surface area contributed by atoms with Crippen molar-refractivity contribution in [3.05, 3.63) is 34.0 Å². The van der Waals surface area contributed by atoms with Crippen LogP contribution in [0.2, 0.25) is 0 Å². The number of carboxylic acids is 1. The lowest BCUT2D eigenvalue weighted by molar-refractivity contribution is 0.0697. The normalized spacial score (nSPS) is 14.8. The second-order valence-electron chi connectivity index (χ2n) is 5.57. The van der Waals surface area contributed by atoms with Gasteiger partial charge >= 0.3 is 5.97 Å². The van der Waals surface area contributed by atoms with Gasteiger partial charge in [0.1, 0.15) is 16.9 Å². The molecule has 8 heteroatoms. The van der Waals surface area contributed by atoms with E-state index in [1.807, 2.05) is 6.08 Å². The first-order valence-corrected chi connectivity index (χ1v) is 9.96. The third kappa shape index (κ3) is 3.08. The van der Waals surface area contributed by atoms with Crippen LogP contribution in [0.25, 0.3) is 16.5 Å². The molecule has 128 valence electrons. The summed E-state index contributed by atoms with van der Waals surface area (Å²) in [6, 6.07) is 3.09. The number of allylic oxidation sites excluding steroid dienone is 2. The summed E-state index contributed by atoms with van der Waals surface area (Å²) >= 11 is 3.30. The van der Waals surface area contributed by atoms with Gasteiger partial charge in [0, 0.05) is 15.9 Å². The summed E-state index contributed by atoms with van der Waals surface area (Å²) in [5.74, 6) is -0.767. The van der Waals surface area contributed by atoms with E-state index in [4.69, 9.17) is 4.42 Å². The molecule has 0 amide bonds. The number of anilines is 1. The van der Waals surface area contributed by atoms with Crippen LogP contribution in [0.1, 0.15) is 42.3 Å². The van der Waals surface area contributed by atoms with Gasteiger partial charge in [0.2, 0.25) is 10.0 Å². The first-order chi connectivity index (χ1) is 11.3. The third-order valence-corrected chi connectivity index (χ3v) is 5.92. The quantitative estimate of drug-likeness (QED) is 0.764. The molecule has 2 N–H and O–H groups in total. The average molecular weight is 414 g/mol.